The van der Waals surface area contributed by atoms with Gasteiger partial charge in [-0.3, -0.25) is 0 Å². The fourth-order valence-electron chi connectivity index (χ4n) is 3.23. The Bertz CT molecular complexity index is 415. The van der Waals surface area contributed by atoms with Crippen molar-refractivity contribution in [1.82, 2.24) is 14.5 Å². The van der Waals surface area contributed by atoms with Crippen LogP contribution in [-0.2, 0) is 19.4 Å². The topological polar surface area (TPSA) is 41.3 Å². The molecule has 0 spiro atoms. The molecule has 1 N–H and O–H groups in total. The number of aromatic nitrogens is 2. The summed E-state index contributed by atoms with van der Waals surface area (Å²) < 4.78 is 2.23. The highest BCUT2D eigenvalue weighted by Gasteiger charge is 2.24. The molecular formula is C14H23N3O. The number of hydrogen-bond donors (Lipinski definition) is 1. The average Bonchev–Trinajstić information content (AvgIpc) is 2.95. The molecule has 4 nitrogen and oxygen atoms in total. The van der Waals surface area contributed by atoms with Crippen LogP contribution in [-0.4, -0.2) is 45.3 Å². The molecule has 2 aliphatic heterocycles. The van der Waals surface area contributed by atoms with Gasteiger partial charge in [-0.2, -0.15) is 0 Å². The smallest absolute Gasteiger partial charge is 0.111 e. The number of rotatable bonds is 3. The zero-order valence-corrected chi connectivity index (χ0v) is 11.2. The fraction of sp³-hybridized carbons (Fsp3) is 0.786. The van der Waals surface area contributed by atoms with E-state index in [9.17, 15) is 5.11 Å². The third kappa shape index (κ3) is 2.45. The van der Waals surface area contributed by atoms with Crippen LogP contribution >= 0.6 is 0 Å². The van der Waals surface area contributed by atoms with E-state index in [-0.39, 0.29) is 6.10 Å². The van der Waals surface area contributed by atoms with Crippen molar-refractivity contribution in [1.29, 1.82) is 0 Å². The molecule has 1 aromatic heterocycles. The van der Waals surface area contributed by atoms with Crippen molar-refractivity contribution < 1.29 is 5.11 Å². The van der Waals surface area contributed by atoms with Crippen LogP contribution in [0.1, 0.15) is 31.3 Å². The first kappa shape index (κ1) is 12.2. The van der Waals surface area contributed by atoms with Gasteiger partial charge < -0.3 is 14.6 Å². The summed E-state index contributed by atoms with van der Waals surface area (Å²) in [6, 6.07) is 0. The summed E-state index contributed by atoms with van der Waals surface area (Å²) in [6.07, 6.45) is 6.03. The van der Waals surface area contributed by atoms with Crippen molar-refractivity contribution in [2.24, 2.45) is 5.92 Å². The first-order chi connectivity index (χ1) is 8.74. The van der Waals surface area contributed by atoms with Gasteiger partial charge in [0.2, 0.25) is 0 Å². The van der Waals surface area contributed by atoms with Crippen molar-refractivity contribution in [2.75, 3.05) is 19.6 Å². The molecule has 1 saturated heterocycles. The Labute approximate surface area is 109 Å². The van der Waals surface area contributed by atoms with Gasteiger partial charge in [-0.1, -0.05) is 6.92 Å². The van der Waals surface area contributed by atoms with Gasteiger partial charge in [-0.25, -0.2) is 4.98 Å². The molecule has 3 heterocycles. The van der Waals surface area contributed by atoms with Crippen LogP contribution in [0.4, 0.5) is 0 Å². The third-order valence-electron chi connectivity index (χ3n) is 4.35. The molecular weight excluding hydrogens is 226 g/mol. The molecule has 0 amide bonds. The SMILES string of the molecule is CCN1CCC(Cc2cn3c(n2)CC(O)CC3)C1. The van der Waals surface area contributed by atoms with Crippen LogP contribution in [0, 0.1) is 5.92 Å². The first-order valence-electron chi connectivity index (χ1n) is 7.20. The molecule has 0 aliphatic carbocycles. The van der Waals surface area contributed by atoms with Crippen LogP contribution in [0.25, 0.3) is 0 Å². The molecule has 4 heteroatoms. The van der Waals surface area contributed by atoms with Crippen molar-refractivity contribution in [2.45, 2.75) is 45.3 Å². The molecule has 3 rings (SSSR count). The number of fused-ring (bicyclic) bond motifs is 1. The van der Waals surface area contributed by atoms with Crippen molar-refractivity contribution in [3.63, 3.8) is 0 Å². The summed E-state index contributed by atoms with van der Waals surface area (Å²) >= 11 is 0. The van der Waals surface area contributed by atoms with Gasteiger partial charge in [0, 0.05) is 25.7 Å². The highest BCUT2D eigenvalue weighted by molar-refractivity contribution is 5.08. The minimum Gasteiger partial charge on any atom is -0.393 e. The maximum absolute atomic E-state index is 9.66. The van der Waals surface area contributed by atoms with Crippen molar-refractivity contribution >= 4 is 0 Å². The number of aryl methyl sites for hydroxylation is 1. The van der Waals surface area contributed by atoms with E-state index in [0.717, 1.165) is 37.5 Å². The fourth-order valence-corrected chi connectivity index (χ4v) is 3.23. The summed E-state index contributed by atoms with van der Waals surface area (Å²) in [6.45, 7) is 6.80. The molecule has 0 bridgehead atoms. The van der Waals surface area contributed by atoms with E-state index in [0.29, 0.717) is 0 Å². The highest BCUT2D eigenvalue weighted by atomic mass is 16.3. The predicted octanol–water partition coefficient (Wildman–Crippen LogP) is 1.07. The second-order valence-electron chi connectivity index (χ2n) is 5.74. The number of likely N-dealkylation sites (tertiary alicyclic amines) is 1. The molecule has 2 atom stereocenters. The molecule has 2 aliphatic rings. The first-order valence-corrected chi connectivity index (χ1v) is 7.20. The molecule has 0 radical (unpaired) electrons. The van der Waals surface area contributed by atoms with Crippen LogP contribution in [0.3, 0.4) is 0 Å². The molecule has 18 heavy (non-hydrogen) atoms. The second-order valence-corrected chi connectivity index (χ2v) is 5.74. The van der Waals surface area contributed by atoms with Crippen LogP contribution < -0.4 is 0 Å². The van der Waals surface area contributed by atoms with Crippen LogP contribution in [0.5, 0.6) is 0 Å². The largest absolute Gasteiger partial charge is 0.393 e. The minimum absolute atomic E-state index is 0.185. The second kappa shape index (κ2) is 5.02. The molecule has 1 aromatic rings. The maximum Gasteiger partial charge on any atom is 0.111 e. The van der Waals surface area contributed by atoms with Gasteiger partial charge in [0.25, 0.3) is 0 Å². The number of nitrogens with zero attached hydrogens (tertiary/aromatic N) is 3. The van der Waals surface area contributed by atoms with E-state index in [1.165, 1.54) is 31.7 Å². The maximum atomic E-state index is 9.66. The Balaban J connectivity index is 1.64. The lowest BCUT2D eigenvalue weighted by molar-refractivity contribution is 0.141. The van der Waals surface area contributed by atoms with E-state index in [4.69, 9.17) is 4.98 Å². The quantitative estimate of drug-likeness (QED) is 0.871. The average molecular weight is 249 g/mol. The molecule has 1 fully saturated rings. The van der Waals surface area contributed by atoms with E-state index >= 15 is 0 Å². The van der Waals surface area contributed by atoms with Crippen molar-refractivity contribution in [3.8, 4) is 0 Å². The number of imidazole rings is 1. The van der Waals surface area contributed by atoms with Crippen molar-refractivity contribution in [3.05, 3.63) is 17.7 Å². The Morgan fingerprint density at radius 2 is 2.28 bits per heavy atom. The molecule has 100 valence electrons. The van der Waals surface area contributed by atoms with E-state index < -0.39 is 0 Å². The zero-order chi connectivity index (χ0) is 12.5. The lowest BCUT2D eigenvalue weighted by Gasteiger charge is -2.18. The summed E-state index contributed by atoms with van der Waals surface area (Å²) in [5, 5.41) is 9.66. The van der Waals surface area contributed by atoms with Gasteiger partial charge in [-0.15, -0.1) is 0 Å². The predicted molar refractivity (Wildman–Crippen MR) is 70.5 cm³/mol. The van der Waals surface area contributed by atoms with Gasteiger partial charge in [0.1, 0.15) is 5.82 Å². The summed E-state index contributed by atoms with van der Waals surface area (Å²) in [5.74, 6) is 1.85. The van der Waals surface area contributed by atoms with Gasteiger partial charge in [0.05, 0.1) is 11.8 Å². The molecule has 2 unspecified atom stereocenters. The molecule has 0 saturated carbocycles. The van der Waals surface area contributed by atoms with Crippen LogP contribution in [0.2, 0.25) is 0 Å². The monoisotopic (exact) mass is 249 g/mol. The normalized spacial score (nSPS) is 28.6. The third-order valence-corrected chi connectivity index (χ3v) is 4.35. The van der Waals surface area contributed by atoms with E-state index in [1.807, 2.05) is 0 Å². The standard InChI is InChI=1S/C14H23N3O/c1-2-16-5-3-11(9-16)7-12-10-17-6-4-13(18)8-14(17)15-12/h10-11,13,18H,2-9H2,1H3. The van der Waals surface area contributed by atoms with Gasteiger partial charge >= 0.3 is 0 Å². The summed E-state index contributed by atoms with van der Waals surface area (Å²) in [4.78, 5) is 7.22. The highest BCUT2D eigenvalue weighted by Crippen LogP contribution is 2.22. The van der Waals surface area contributed by atoms with Crippen LogP contribution in [0.15, 0.2) is 6.20 Å². The van der Waals surface area contributed by atoms with E-state index in [2.05, 4.69) is 22.6 Å². The van der Waals surface area contributed by atoms with Gasteiger partial charge in [-0.05, 0) is 38.3 Å². The van der Waals surface area contributed by atoms with Gasteiger partial charge in [0.15, 0.2) is 0 Å². The number of aliphatic hydroxyl groups excluding tert-OH is 1. The Morgan fingerprint density at radius 3 is 3.06 bits per heavy atom. The minimum atomic E-state index is -0.185. The number of hydrogen-bond acceptors (Lipinski definition) is 3. The van der Waals surface area contributed by atoms with E-state index in [1.54, 1.807) is 0 Å². The summed E-state index contributed by atoms with van der Waals surface area (Å²) in [5.41, 5.74) is 1.22. The number of aliphatic hydroxyl groups is 1. The lowest BCUT2D eigenvalue weighted by Crippen LogP contribution is -2.22. The Hall–Kier alpha value is -0.870. The summed E-state index contributed by atoms with van der Waals surface area (Å²) in [7, 11) is 0. The Morgan fingerprint density at radius 1 is 1.39 bits per heavy atom. The zero-order valence-electron chi connectivity index (χ0n) is 11.2. The Kier molecular flexibility index (Phi) is 3.39. The molecule has 0 aromatic carbocycles. The lowest BCUT2D eigenvalue weighted by atomic mass is 10.0.